The molecule has 3 aliphatic rings. The second-order valence-corrected chi connectivity index (χ2v) is 6.92. The third kappa shape index (κ3) is 1.42. The van der Waals surface area contributed by atoms with Crippen LogP contribution in [-0.4, -0.2) is 17.5 Å². The molecule has 18 heavy (non-hydrogen) atoms. The lowest BCUT2D eigenvalue weighted by atomic mass is 9.55. The van der Waals surface area contributed by atoms with Crippen LogP contribution in [0.5, 0.6) is 0 Å². The maximum Gasteiger partial charge on any atom is 0.178 e. The Hall–Kier alpha value is -0.600. The van der Waals surface area contributed by atoms with Crippen molar-refractivity contribution in [2.24, 2.45) is 10.8 Å². The zero-order valence-corrected chi connectivity index (χ0v) is 11.8. The molecule has 0 aromatic rings. The van der Waals surface area contributed by atoms with E-state index in [-0.39, 0.29) is 16.9 Å². The number of hydrogen-bond acceptors (Lipinski definition) is 2. The molecule has 0 amide bonds. The average molecular weight is 248 g/mol. The van der Waals surface area contributed by atoms with Crippen molar-refractivity contribution in [1.29, 1.82) is 0 Å². The van der Waals surface area contributed by atoms with Gasteiger partial charge < -0.3 is 9.84 Å². The standard InChI is InChI=1S/C16H24O2/c1-10-6-5-7-15(3)8-9-16(4)11(2)14(17)18-13(16)12(10)15/h13-14,17H,2,5-9H2,1,3-4H3/t13-,14?,15+,16-/m0/s1. The van der Waals surface area contributed by atoms with Gasteiger partial charge in [-0.15, -0.1) is 0 Å². The molecule has 2 aliphatic carbocycles. The molecule has 2 nitrogen and oxygen atoms in total. The zero-order valence-electron chi connectivity index (χ0n) is 11.8. The molecule has 0 spiro atoms. The van der Waals surface area contributed by atoms with E-state index in [0.717, 1.165) is 12.0 Å². The van der Waals surface area contributed by atoms with Crippen molar-refractivity contribution in [3.05, 3.63) is 23.3 Å². The number of rotatable bonds is 0. The van der Waals surface area contributed by atoms with Crippen LogP contribution in [0.3, 0.4) is 0 Å². The van der Waals surface area contributed by atoms with Crippen LogP contribution in [0.2, 0.25) is 0 Å². The second kappa shape index (κ2) is 3.71. The molecule has 2 fully saturated rings. The molecule has 1 N–H and O–H groups in total. The number of aliphatic hydroxyl groups excluding tert-OH is 1. The molecule has 2 heteroatoms. The van der Waals surface area contributed by atoms with Crippen LogP contribution in [0.15, 0.2) is 23.3 Å². The monoisotopic (exact) mass is 248 g/mol. The fraction of sp³-hybridized carbons (Fsp3) is 0.750. The van der Waals surface area contributed by atoms with E-state index in [2.05, 4.69) is 27.4 Å². The van der Waals surface area contributed by atoms with Crippen molar-refractivity contribution in [2.75, 3.05) is 0 Å². The molecule has 0 bridgehead atoms. The Bertz CT molecular complexity index is 436. The zero-order chi connectivity index (χ0) is 13.1. The molecule has 1 saturated heterocycles. The van der Waals surface area contributed by atoms with Gasteiger partial charge in [0.25, 0.3) is 0 Å². The van der Waals surface area contributed by atoms with Gasteiger partial charge in [0, 0.05) is 5.41 Å². The number of allylic oxidation sites excluding steroid dienone is 1. The third-order valence-electron chi connectivity index (χ3n) is 5.72. The molecule has 0 radical (unpaired) electrons. The van der Waals surface area contributed by atoms with Crippen molar-refractivity contribution in [2.45, 2.75) is 65.3 Å². The van der Waals surface area contributed by atoms with Crippen molar-refractivity contribution < 1.29 is 9.84 Å². The maximum absolute atomic E-state index is 10.0. The van der Waals surface area contributed by atoms with Crippen LogP contribution >= 0.6 is 0 Å². The number of ether oxygens (including phenoxy) is 1. The van der Waals surface area contributed by atoms with Crippen molar-refractivity contribution in [3.63, 3.8) is 0 Å². The van der Waals surface area contributed by atoms with E-state index < -0.39 is 6.29 Å². The highest BCUT2D eigenvalue weighted by Crippen LogP contribution is 2.60. The van der Waals surface area contributed by atoms with Crippen LogP contribution in [0.25, 0.3) is 0 Å². The quantitative estimate of drug-likeness (QED) is 0.664. The van der Waals surface area contributed by atoms with Gasteiger partial charge in [0.05, 0.1) is 6.10 Å². The normalized spacial score (nSPS) is 48.1. The SMILES string of the molecule is C=C1C(O)O[C@H]2C3=C(C)CCC[C@]3(C)CC[C@@]12C. The average Bonchev–Trinajstić information content (AvgIpc) is 2.53. The Morgan fingerprint density at radius 3 is 2.72 bits per heavy atom. The number of hydrogen-bond donors (Lipinski definition) is 1. The summed E-state index contributed by atoms with van der Waals surface area (Å²) in [6.45, 7) is 10.9. The summed E-state index contributed by atoms with van der Waals surface area (Å²) in [7, 11) is 0. The number of fused-ring (bicyclic) bond motifs is 3. The summed E-state index contributed by atoms with van der Waals surface area (Å²) in [5.74, 6) is 0. The molecule has 0 aromatic carbocycles. The van der Waals surface area contributed by atoms with Gasteiger partial charge in [-0.2, -0.15) is 0 Å². The summed E-state index contributed by atoms with van der Waals surface area (Å²) in [6, 6.07) is 0. The smallest absolute Gasteiger partial charge is 0.178 e. The Kier molecular flexibility index (Phi) is 2.56. The van der Waals surface area contributed by atoms with Gasteiger partial charge in [-0.1, -0.05) is 26.0 Å². The minimum atomic E-state index is -0.774. The van der Waals surface area contributed by atoms with E-state index in [1.54, 1.807) is 0 Å². The molecular formula is C16H24O2. The first-order valence-electron chi connectivity index (χ1n) is 7.11. The van der Waals surface area contributed by atoms with E-state index in [9.17, 15) is 5.11 Å². The molecule has 1 heterocycles. The van der Waals surface area contributed by atoms with Gasteiger partial charge in [0.15, 0.2) is 6.29 Å². The summed E-state index contributed by atoms with van der Waals surface area (Å²) in [5, 5.41) is 10.0. The van der Waals surface area contributed by atoms with E-state index in [0.29, 0.717) is 0 Å². The summed E-state index contributed by atoms with van der Waals surface area (Å²) >= 11 is 0. The van der Waals surface area contributed by atoms with Crippen LogP contribution in [0.1, 0.15) is 52.9 Å². The van der Waals surface area contributed by atoms with E-state index in [4.69, 9.17) is 4.74 Å². The Labute approximate surface area is 110 Å². The first-order chi connectivity index (χ1) is 8.38. The molecule has 1 unspecified atom stereocenters. The first-order valence-corrected chi connectivity index (χ1v) is 7.11. The summed E-state index contributed by atoms with van der Waals surface area (Å²) < 4.78 is 5.88. The lowest BCUT2D eigenvalue weighted by Gasteiger charge is -2.50. The third-order valence-corrected chi connectivity index (χ3v) is 5.72. The van der Waals surface area contributed by atoms with Gasteiger partial charge in [0.2, 0.25) is 0 Å². The molecule has 1 saturated carbocycles. The van der Waals surface area contributed by atoms with Gasteiger partial charge in [-0.25, -0.2) is 0 Å². The molecular weight excluding hydrogens is 224 g/mol. The first kappa shape index (κ1) is 12.4. The van der Waals surface area contributed by atoms with E-state index >= 15 is 0 Å². The van der Waals surface area contributed by atoms with E-state index in [1.807, 2.05) is 0 Å². The maximum atomic E-state index is 10.0. The molecule has 100 valence electrons. The van der Waals surface area contributed by atoms with Gasteiger partial charge in [0.1, 0.15) is 0 Å². The fourth-order valence-electron chi connectivity index (χ4n) is 4.35. The van der Waals surface area contributed by atoms with Crippen LogP contribution in [-0.2, 0) is 4.74 Å². The summed E-state index contributed by atoms with van der Waals surface area (Å²) in [5.41, 5.74) is 4.06. The minimum Gasteiger partial charge on any atom is -0.364 e. The highest BCUT2D eigenvalue weighted by Gasteiger charge is 2.57. The highest BCUT2D eigenvalue weighted by atomic mass is 16.6. The summed E-state index contributed by atoms with van der Waals surface area (Å²) in [4.78, 5) is 0. The predicted octanol–water partition coefficient (Wildman–Crippen LogP) is 3.57. The number of aliphatic hydroxyl groups is 1. The predicted molar refractivity (Wildman–Crippen MR) is 72.0 cm³/mol. The van der Waals surface area contributed by atoms with Gasteiger partial charge in [-0.05, 0) is 55.6 Å². The second-order valence-electron chi connectivity index (χ2n) is 6.92. The van der Waals surface area contributed by atoms with Crippen molar-refractivity contribution in [1.82, 2.24) is 0 Å². The topological polar surface area (TPSA) is 29.5 Å². The minimum absolute atomic E-state index is 0.0547. The van der Waals surface area contributed by atoms with Crippen molar-refractivity contribution in [3.8, 4) is 0 Å². The molecule has 3 rings (SSSR count). The van der Waals surface area contributed by atoms with E-state index in [1.165, 1.54) is 36.8 Å². The van der Waals surface area contributed by atoms with Crippen LogP contribution in [0, 0.1) is 10.8 Å². The van der Waals surface area contributed by atoms with Crippen LogP contribution in [0.4, 0.5) is 0 Å². The molecule has 1 aliphatic heterocycles. The lowest BCUT2D eigenvalue weighted by molar-refractivity contribution is -0.0876. The highest BCUT2D eigenvalue weighted by molar-refractivity contribution is 5.38. The molecule has 0 aromatic heterocycles. The Balaban J connectivity index is 2.10. The largest absolute Gasteiger partial charge is 0.364 e. The van der Waals surface area contributed by atoms with Crippen LogP contribution < -0.4 is 0 Å². The van der Waals surface area contributed by atoms with Crippen molar-refractivity contribution >= 4 is 0 Å². The van der Waals surface area contributed by atoms with Gasteiger partial charge in [-0.3, -0.25) is 0 Å². The summed E-state index contributed by atoms with van der Waals surface area (Å²) in [6.07, 6.45) is 5.30. The lowest BCUT2D eigenvalue weighted by Crippen LogP contribution is -2.44. The fourth-order valence-corrected chi connectivity index (χ4v) is 4.35. The Morgan fingerprint density at radius 1 is 1.28 bits per heavy atom. The Morgan fingerprint density at radius 2 is 2.00 bits per heavy atom. The van der Waals surface area contributed by atoms with Gasteiger partial charge >= 0.3 is 0 Å². The molecule has 4 atom stereocenters.